The molecule has 0 aromatic heterocycles. The summed E-state index contributed by atoms with van der Waals surface area (Å²) in [5.41, 5.74) is 2.79. The number of hydrogen-bond acceptors (Lipinski definition) is 2. The SMILES string of the molecule is CC1(C)c2ccccc2-c2cc([N+](=O)[O-])c(F)cc21. The van der Waals surface area contributed by atoms with E-state index in [0.29, 0.717) is 0 Å². The summed E-state index contributed by atoms with van der Waals surface area (Å²) in [4.78, 5) is 10.2. The fourth-order valence-electron chi connectivity index (χ4n) is 2.85. The number of nitrogens with zero attached hydrogens (tertiary/aromatic N) is 1. The minimum absolute atomic E-state index is 0.331. The van der Waals surface area contributed by atoms with Gasteiger partial charge in [-0.3, -0.25) is 10.1 Å². The monoisotopic (exact) mass is 257 g/mol. The van der Waals surface area contributed by atoms with Crippen LogP contribution in [0.25, 0.3) is 11.1 Å². The zero-order valence-corrected chi connectivity index (χ0v) is 10.6. The van der Waals surface area contributed by atoms with Crippen LogP contribution < -0.4 is 0 Å². The number of benzene rings is 2. The Morgan fingerprint density at radius 2 is 1.79 bits per heavy atom. The maximum absolute atomic E-state index is 13.8. The highest BCUT2D eigenvalue weighted by molar-refractivity contribution is 5.82. The second-order valence-electron chi connectivity index (χ2n) is 5.28. The van der Waals surface area contributed by atoms with Crippen LogP contribution in [0.3, 0.4) is 0 Å². The summed E-state index contributed by atoms with van der Waals surface area (Å²) in [6.45, 7) is 4.01. The molecule has 19 heavy (non-hydrogen) atoms. The molecule has 0 N–H and O–H groups in total. The Hall–Kier alpha value is -2.23. The third kappa shape index (κ3) is 1.49. The van der Waals surface area contributed by atoms with Crippen LogP contribution in [0.4, 0.5) is 10.1 Å². The first-order chi connectivity index (χ1) is 8.93. The van der Waals surface area contributed by atoms with Gasteiger partial charge in [-0.25, -0.2) is 0 Å². The molecule has 0 fully saturated rings. The molecule has 0 saturated carbocycles. The molecule has 0 spiro atoms. The maximum Gasteiger partial charge on any atom is 0.305 e. The summed E-state index contributed by atoms with van der Waals surface area (Å²) in [5.74, 6) is -0.773. The van der Waals surface area contributed by atoms with Crippen molar-refractivity contribution in [3.63, 3.8) is 0 Å². The van der Waals surface area contributed by atoms with Crippen molar-refractivity contribution >= 4 is 5.69 Å². The molecule has 4 heteroatoms. The zero-order chi connectivity index (χ0) is 13.8. The van der Waals surface area contributed by atoms with E-state index in [4.69, 9.17) is 0 Å². The zero-order valence-electron chi connectivity index (χ0n) is 10.6. The molecule has 1 aliphatic rings. The van der Waals surface area contributed by atoms with E-state index < -0.39 is 16.4 Å². The van der Waals surface area contributed by atoms with Crippen LogP contribution in [0.1, 0.15) is 25.0 Å². The first kappa shape index (κ1) is 11.8. The Morgan fingerprint density at radius 1 is 1.11 bits per heavy atom. The van der Waals surface area contributed by atoms with E-state index in [1.165, 1.54) is 12.1 Å². The molecule has 0 radical (unpaired) electrons. The molecule has 3 nitrogen and oxygen atoms in total. The second kappa shape index (κ2) is 3.63. The molecule has 0 unspecified atom stereocenters. The van der Waals surface area contributed by atoms with Gasteiger partial charge in [-0.15, -0.1) is 0 Å². The van der Waals surface area contributed by atoms with Gasteiger partial charge in [0.2, 0.25) is 5.82 Å². The quantitative estimate of drug-likeness (QED) is 0.571. The fraction of sp³-hybridized carbons (Fsp3) is 0.200. The van der Waals surface area contributed by atoms with E-state index in [1.807, 2.05) is 38.1 Å². The van der Waals surface area contributed by atoms with Crippen molar-refractivity contribution in [3.05, 3.63) is 63.5 Å². The Kier molecular flexibility index (Phi) is 2.26. The molecule has 0 aliphatic heterocycles. The highest BCUT2D eigenvalue weighted by atomic mass is 19.1. The van der Waals surface area contributed by atoms with E-state index in [-0.39, 0.29) is 5.41 Å². The van der Waals surface area contributed by atoms with Crippen molar-refractivity contribution < 1.29 is 9.31 Å². The van der Waals surface area contributed by atoms with E-state index >= 15 is 0 Å². The van der Waals surface area contributed by atoms with E-state index in [2.05, 4.69) is 0 Å². The van der Waals surface area contributed by atoms with Gasteiger partial charge in [0, 0.05) is 11.5 Å². The number of hydrogen-bond donors (Lipinski definition) is 0. The molecule has 2 aromatic carbocycles. The lowest BCUT2D eigenvalue weighted by molar-refractivity contribution is -0.387. The van der Waals surface area contributed by atoms with Crippen LogP contribution in [-0.4, -0.2) is 4.92 Å². The van der Waals surface area contributed by atoms with Gasteiger partial charge in [-0.1, -0.05) is 38.1 Å². The van der Waals surface area contributed by atoms with Gasteiger partial charge in [-0.05, 0) is 28.3 Å². The van der Waals surface area contributed by atoms with Crippen molar-refractivity contribution in [3.8, 4) is 11.1 Å². The molecule has 1 aliphatic carbocycles. The average molecular weight is 257 g/mol. The molecule has 0 bridgehead atoms. The van der Waals surface area contributed by atoms with Crippen LogP contribution >= 0.6 is 0 Å². The van der Waals surface area contributed by atoms with Crippen LogP contribution in [0, 0.1) is 15.9 Å². The molecule has 0 atom stereocenters. The highest BCUT2D eigenvalue weighted by Crippen LogP contribution is 2.49. The summed E-state index contributed by atoms with van der Waals surface area (Å²) >= 11 is 0. The van der Waals surface area contributed by atoms with E-state index in [1.54, 1.807) is 0 Å². The summed E-state index contributed by atoms with van der Waals surface area (Å²) in [6, 6.07) is 10.4. The van der Waals surface area contributed by atoms with Gasteiger partial charge in [0.1, 0.15) is 0 Å². The third-order valence-electron chi connectivity index (χ3n) is 3.85. The van der Waals surface area contributed by atoms with Gasteiger partial charge in [-0.2, -0.15) is 4.39 Å². The minimum atomic E-state index is -0.773. The molecule has 3 rings (SSSR count). The normalized spacial score (nSPS) is 14.9. The average Bonchev–Trinajstić information content (AvgIpc) is 2.58. The lowest BCUT2D eigenvalue weighted by atomic mass is 9.82. The molecule has 2 aromatic rings. The Morgan fingerprint density at radius 3 is 2.47 bits per heavy atom. The maximum atomic E-state index is 13.8. The first-order valence-corrected chi connectivity index (χ1v) is 6.01. The number of nitro benzene ring substituents is 1. The van der Waals surface area contributed by atoms with E-state index in [9.17, 15) is 14.5 Å². The van der Waals surface area contributed by atoms with Gasteiger partial charge >= 0.3 is 5.69 Å². The van der Waals surface area contributed by atoms with Crippen molar-refractivity contribution in [2.24, 2.45) is 0 Å². The molecule has 96 valence electrons. The number of nitro groups is 1. The topological polar surface area (TPSA) is 43.1 Å². The molecular weight excluding hydrogens is 245 g/mol. The number of fused-ring (bicyclic) bond motifs is 3. The highest BCUT2D eigenvalue weighted by Gasteiger charge is 2.37. The van der Waals surface area contributed by atoms with Crippen molar-refractivity contribution in [2.45, 2.75) is 19.3 Å². The Labute approximate surface area is 109 Å². The fourth-order valence-corrected chi connectivity index (χ4v) is 2.85. The summed E-state index contributed by atoms with van der Waals surface area (Å²) in [5, 5.41) is 10.9. The van der Waals surface area contributed by atoms with Crippen LogP contribution in [-0.2, 0) is 5.41 Å². The molecule has 0 heterocycles. The van der Waals surface area contributed by atoms with Crippen LogP contribution in [0.5, 0.6) is 0 Å². The third-order valence-corrected chi connectivity index (χ3v) is 3.85. The minimum Gasteiger partial charge on any atom is -0.258 e. The number of rotatable bonds is 1. The summed E-state index contributed by atoms with van der Waals surface area (Å²) in [7, 11) is 0. The van der Waals surface area contributed by atoms with E-state index in [0.717, 1.165) is 22.3 Å². The Balaban J connectivity index is 2.37. The van der Waals surface area contributed by atoms with Crippen LogP contribution in [0.15, 0.2) is 36.4 Å². The van der Waals surface area contributed by atoms with Crippen LogP contribution in [0.2, 0.25) is 0 Å². The molecular formula is C15H12FNO2. The lowest BCUT2D eigenvalue weighted by Crippen LogP contribution is -2.15. The smallest absolute Gasteiger partial charge is 0.258 e. The number of halogens is 1. The Bertz CT molecular complexity index is 707. The molecule has 0 amide bonds. The molecule has 0 saturated heterocycles. The second-order valence-corrected chi connectivity index (χ2v) is 5.28. The van der Waals surface area contributed by atoms with Gasteiger partial charge in [0.25, 0.3) is 0 Å². The largest absolute Gasteiger partial charge is 0.305 e. The lowest BCUT2D eigenvalue weighted by Gasteiger charge is -2.21. The predicted molar refractivity (Wildman–Crippen MR) is 70.6 cm³/mol. The van der Waals surface area contributed by atoms with Gasteiger partial charge in [0.15, 0.2) is 0 Å². The summed E-state index contributed by atoms with van der Waals surface area (Å²) < 4.78 is 13.8. The van der Waals surface area contributed by atoms with Gasteiger partial charge in [0.05, 0.1) is 4.92 Å². The first-order valence-electron chi connectivity index (χ1n) is 6.01. The predicted octanol–water partition coefficient (Wildman–Crippen LogP) is 4.04. The van der Waals surface area contributed by atoms with Crippen molar-refractivity contribution in [2.75, 3.05) is 0 Å². The summed E-state index contributed by atoms with van der Waals surface area (Å²) in [6.07, 6.45) is 0. The van der Waals surface area contributed by atoms with Gasteiger partial charge < -0.3 is 0 Å². The van der Waals surface area contributed by atoms with Crippen molar-refractivity contribution in [1.82, 2.24) is 0 Å². The van der Waals surface area contributed by atoms with Crippen molar-refractivity contribution in [1.29, 1.82) is 0 Å². The standard InChI is InChI=1S/C15H12FNO2/c1-15(2)11-6-4-3-5-9(11)10-7-14(17(18)19)13(16)8-12(10)15/h3-8H,1-2H3.